The van der Waals surface area contributed by atoms with E-state index < -0.39 is 15.9 Å². The lowest BCUT2D eigenvalue weighted by atomic mass is 10.2. The van der Waals surface area contributed by atoms with Gasteiger partial charge in [-0.3, -0.25) is 14.4 Å². The van der Waals surface area contributed by atoms with E-state index in [1.54, 1.807) is 48.2 Å². The second kappa shape index (κ2) is 10.3. The van der Waals surface area contributed by atoms with E-state index in [4.69, 9.17) is 0 Å². The minimum atomic E-state index is -3.94. The number of nitrogens with one attached hydrogen (secondary N) is 1. The number of benzene rings is 2. The van der Waals surface area contributed by atoms with E-state index >= 15 is 0 Å². The summed E-state index contributed by atoms with van der Waals surface area (Å²) < 4.78 is 28.5. The smallest absolute Gasteiger partial charge is 0.264 e. The summed E-state index contributed by atoms with van der Waals surface area (Å²) in [4.78, 5) is 12.9. The zero-order chi connectivity index (χ0) is 22.4. The summed E-state index contributed by atoms with van der Waals surface area (Å²) in [5.41, 5.74) is 1.31. The average Bonchev–Trinajstić information content (AvgIpc) is 3.18. The number of sulfonamides is 1. The van der Waals surface area contributed by atoms with Gasteiger partial charge in [0.25, 0.3) is 10.0 Å². The summed E-state index contributed by atoms with van der Waals surface area (Å²) in [6.45, 7) is 5.72. The number of hydrogen-bond donors (Lipinski definition) is 1. The van der Waals surface area contributed by atoms with Gasteiger partial charge in [-0.05, 0) is 42.7 Å². The molecule has 0 aliphatic rings. The fourth-order valence-electron chi connectivity index (χ4n) is 2.66. The van der Waals surface area contributed by atoms with Gasteiger partial charge in [0.05, 0.1) is 10.6 Å². The van der Waals surface area contributed by atoms with Crippen molar-refractivity contribution < 1.29 is 13.2 Å². The topological polar surface area (TPSA) is 92.3 Å². The third kappa shape index (κ3) is 6.28. The molecule has 1 N–H and O–H groups in total. The summed E-state index contributed by atoms with van der Waals surface area (Å²) in [5, 5.41) is 11.1. The van der Waals surface area contributed by atoms with E-state index in [0.717, 1.165) is 20.0 Å². The first-order valence-electron chi connectivity index (χ1n) is 9.66. The predicted octanol–water partition coefficient (Wildman–Crippen LogP) is 4.43. The van der Waals surface area contributed by atoms with Gasteiger partial charge in [-0.15, -0.1) is 10.2 Å². The Kier molecular flexibility index (Phi) is 7.69. The normalized spacial score (nSPS) is 11.5. The number of aryl methyl sites for hydroxylation is 1. The Bertz CT molecular complexity index is 1130. The zero-order valence-corrected chi connectivity index (χ0v) is 19.9. The van der Waals surface area contributed by atoms with Crippen LogP contribution < -0.4 is 9.62 Å². The SMILES string of the molecule is Cc1cccc(N(CC(=O)Nc2nnc(SCC(C)C)s2)S(=O)(=O)c2ccccc2)c1. The molecule has 1 aromatic heterocycles. The highest BCUT2D eigenvalue weighted by Gasteiger charge is 2.27. The summed E-state index contributed by atoms with van der Waals surface area (Å²) in [5.74, 6) is 0.926. The minimum absolute atomic E-state index is 0.118. The number of thioether (sulfide) groups is 1. The molecule has 7 nitrogen and oxygen atoms in total. The second-order valence-corrected chi connectivity index (χ2v) is 11.4. The Hall–Kier alpha value is -2.43. The van der Waals surface area contributed by atoms with Crippen LogP contribution in [-0.2, 0) is 14.8 Å². The highest BCUT2D eigenvalue weighted by Crippen LogP contribution is 2.28. The monoisotopic (exact) mass is 476 g/mol. The van der Waals surface area contributed by atoms with E-state index in [9.17, 15) is 13.2 Å². The number of hydrogen-bond acceptors (Lipinski definition) is 7. The summed E-state index contributed by atoms with van der Waals surface area (Å²) in [6.07, 6.45) is 0. The molecule has 0 bridgehead atoms. The molecule has 2 aromatic carbocycles. The van der Waals surface area contributed by atoms with Crippen molar-refractivity contribution in [1.29, 1.82) is 0 Å². The number of rotatable bonds is 9. The van der Waals surface area contributed by atoms with Crippen LogP contribution in [-0.4, -0.2) is 36.8 Å². The largest absolute Gasteiger partial charge is 0.299 e. The molecule has 31 heavy (non-hydrogen) atoms. The molecule has 0 atom stereocenters. The van der Waals surface area contributed by atoms with Crippen molar-refractivity contribution in [2.75, 3.05) is 21.9 Å². The van der Waals surface area contributed by atoms with E-state index in [0.29, 0.717) is 16.7 Å². The van der Waals surface area contributed by atoms with Crippen molar-refractivity contribution in [3.63, 3.8) is 0 Å². The van der Waals surface area contributed by atoms with Gasteiger partial charge in [-0.2, -0.15) is 0 Å². The fourth-order valence-corrected chi connectivity index (χ4v) is 5.84. The van der Waals surface area contributed by atoms with Crippen LogP contribution in [0.5, 0.6) is 0 Å². The molecule has 0 saturated heterocycles. The maximum atomic E-state index is 13.3. The van der Waals surface area contributed by atoms with Crippen LogP contribution in [0.4, 0.5) is 10.8 Å². The molecule has 1 amide bonds. The Labute approximate surface area is 191 Å². The first kappa shape index (κ1) is 23.2. The van der Waals surface area contributed by atoms with Crippen LogP contribution in [0.2, 0.25) is 0 Å². The maximum Gasteiger partial charge on any atom is 0.264 e. The molecular formula is C21H24N4O3S3. The van der Waals surface area contributed by atoms with Gasteiger partial charge in [0.15, 0.2) is 4.34 Å². The standard InChI is InChI=1S/C21H24N4O3S3/c1-15(2)14-29-21-24-23-20(30-21)22-19(26)13-25(17-9-7-8-16(3)12-17)31(27,28)18-10-5-4-6-11-18/h4-12,15H,13-14H2,1-3H3,(H,22,23,26). The number of carbonyl (C=O) groups is 1. The van der Waals surface area contributed by atoms with Crippen molar-refractivity contribution in [2.45, 2.75) is 30.0 Å². The van der Waals surface area contributed by atoms with E-state index in [2.05, 4.69) is 29.4 Å². The summed E-state index contributed by atoms with van der Waals surface area (Å²) in [6, 6.07) is 15.1. The third-order valence-electron chi connectivity index (χ3n) is 4.10. The highest BCUT2D eigenvalue weighted by molar-refractivity contribution is 8.01. The molecule has 0 saturated carbocycles. The van der Waals surface area contributed by atoms with E-state index in [1.807, 2.05) is 13.0 Å². The van der Waals surface area contributed by atoms with Crippen molar-refractivity contribution in [2.24, 2.45) is 5.92 Å². The quantitative estimate of drug-likeness (QED) is 0.363. The molecule has 1 heterocycles. The molecule has 164 valence electrons. The zero-order valence-electron chi connectivity index (χ0n) is 17.5. The van der Waals surface area contributed by atoms with Crippen LogP contribution in [0.15, 0.2) is 63.8 Å². The minimum Gasteiger partial charge on any atom is -0.299 e. The van der Waals surface area contributed by atoms with Crippen LogP contribution in [0.25, 0.3) is 0 Å². The first-order chi connectivity index (χ1) is 14.8. The Morgan fingerprint density at radius 1 is 1.13 bits per heavy atom. The Morgan fingerprint density at radius 2 is 1.87 bits per heavy atom. The summed E-state index contributed by atoms with van der Waals surface area (Å²) >= 11 is 2.85. The van der Waals surface area contributed by atoms with Gasteiger partial charge < -0.3 is 0 Å². The van der Waals surface area contributed by atoms with Crippen molar-refractivity contribution in [3.05, 3.63) is 60.2 Å². The molecular weight excluding hydrogens is 452 g/mol. The van der Waals surface area contributed by atoms with Crippen LogP contribution >= 0.6 is 23.1 Å². The molecule has 0 fully saturated rings. The molecule has 3 rings (SSSR count). The van der Waals surface area contributed by atoms with Crippen molar-refractivity contribution in [1.82, 2.24) is 10.2 Å². The maximum absolute atomic E-state index is 13.3. The van der Waals surface area contributed by atoms with Crippen LogP contribution in [0.3, 0.4) is 0 Å². The molecule has 0 aliphatic carbocycles. The average molecular weight is 477 g/mol. The van der Waals surface area contributed by atoms with E-state index in [-0.39, 0.29) is 11.4 Å². The van der Waals surface area contributed by atoms with Gasteiger partial charge in [0.2, 0.25) is 11.0 Å². The predicted molar refractivity (Wildman–Crippen MR) is 126 cm³/mol. The number of amides is 1. The number of aromatic nitrogens is 2. The molecule has 10 heteroatoms. The molecule has 0 unspecified atom stereocenters. The van der Waals surface area contributed by atoms with Gasteiger partial charge in [-0.25, -0.2) is 8.42 Å². The van der Waals surface area contributed by atoms with Crippen LogP contribution in [0, 0.1) is 12.8 Å². The third-order valence-corrected chi connectivity index (χ3v) is 8.29. The summed E-state index contributed by atoms with van der Waals surface area (Å²) in [7, 11) is -3.94. The lowest BCUT2D eigenvalue weighted by Gasteiger charge is -2.24. The van der Waals surface area contributed by atoms with Gasteiger partial charge >= 0.3 is 0 Å². The lowest BCUT2D eigenvalue weighted by molar-refractivity contribution is -0.114. The number of anilines is 2. The lowest BCUT2D eigenvalue weighted by Crippen LogP contribution is -2.38. The first-order valence-corrected chi connectivity index (χ1v) is 12.9. The van der Waals surface area contributed by atoms with Gasteiger partial charge in [0.1, 0.15) is 6.54 Å². The van der Waals surface area contributed by atoms with Gasteiger partial charge in [-0.1, -0.05) is 67.3 Å². The number of carbonyl (C=O) groups excluding carboxylic acids is 1. The van der Waals surface area contributed by atoms with Gasteiger partial charge in [0, 0.05) is 5.75 Å². The van der Waals surface area contributed by atoms with Crippen molar-refractivity contribution >= 4 is 49.8 Å². The highest BCUT2D eigenvalue weighted by atomic mass is 32.2. The fraction of sp³-hybridized carbons (Fsp3) is 0.286. The van der Waals surface area contributed by atoms with E-state index in [1.165, 1.54) is 23.5 Å². The van der Waals surface area contributed by atoms with Crippen LogP contribution in [0.1, 0.15) is 19.4 Å². The Morgan fingerprint density at radius 3 is 2.55 bits per heavy atom. The second-order valence-electron chi connectivity index (χ2n) is 7.29. The molecule has 0 spiro atoms. The number of nitrogens with zero attached hydrogens (tertiary/aromatic N) is 3. The Balaban J connectivity index is 1.81. The molecule has 0 radical (unpaired) electrons. The molecule has 3 aromatic rings. The van der Waals surface area contributed by atoms with Crippen molar-refractivity contribution in [3.8, 4) is 0 Å². The molecule has 0 aliphatic heterocycles.